The number of morpholine rings is 1. The highest BCUT2D eigenvalue weighted by atomic mass is 32.1. The molecule has 1 N–H and O–H groups in total. The lowest BCUT2D eigenvalue weighted by Gasteiger charge is -2.34. The maximum atomic E-state index is 12.4. The number of nitrogens with one attached hydrogen (secondary N) is 1. The Bertz CT molecular complexity index is 1110. The molecule has 0 spiro atoms. The lowest BCUT2D eigenvalue weighted by atomic mass is 10.2. The van der Waals surface area contributed by atoms with Crippen molar-refractivity contribution in [3.05, 3.63) is 35.2 Å². The Morgan fingerprint density at radius 1 is 1.18 bits per heavy atom. The van der Waals surface area contributed by atoms with Crippen LogP contribution in [0, 0.1) is 0 Å². The lowest BCUT2D eigenvalue weighted by molar-refractivity contribution is -0.116. The van der Waals surface area contributed by atoms with Gasteiger partial charge in [-0.25, -0.2) is 4.98 Å². The highest BCUT2D eigenvalue weighted by Crippen LogP contribution is 2.31. The van der Waals surface area contributed by atoms with Crippen LogP contribution in [-0.4, -0.2) is 65.4 Å². The van der Waals surface area contributed by atoms with Gasteiger partial charge in [0.25, 0.3) is 0 Å². The summed E-state index contributed by atoms with van der Waals surface area (Å²) in [6, 6.07) is 5.37. The molecule has 10 nitrogen and oxygen atoms in total. The molecule has 0 unspecified atom stereocenters. The maximum Gasteiger partial charge on any atom is 0.227 e. The van der Waals surface area contributed by atoms with E-state index in [1.54, 1.807) is 26.4 Å². The van der Waals surface area contributed by atoms with Crippen LogP contribution < -0.4 is 14.8 Å². The molecular weight excluding hydrogens is 458 g/mol. The highest BCUT2D eigenvalue weighted by molar-refractivity contribution is 7.13. The Kier molecular flexibility index (Phi) is 7.76. The number of methoxy groups -OCH3 is 2. The summed E-state index contributed by atoms with van der Waals surface area (Å²) in [5.41, 5.74) is 1.68. The van der Waals surface area contributed by atoms with Crippen LogP contribution in [0.25, 0.3) is 11.4 Å². The molecule has 3 aromatic rings. The summed E-state index contributed by atoms with van der Waals surface area (Å²) >= 11 is 1.42. The second-order valence-electron chi connectivity index (χ2n) is 8.23. The molecule has 34 heavy (non-hydrogen) atoms. The second kappa shape index (κ2) is 10.9. The van der Waals surface area contributed by atoms with Gasteiger partial charge >= 0.3 is 0 Å². The number of aromatic nitrogens is 3. The van der Waals surface area contributed by atoms with Gasteiger partial charge in [0.2, 0.25) is 17.6 Å². The zero-order valence-corrected chi connectivity index (χ0v) is 20.6. The van der Waals surface area contributed by atoms with Crippen molar-refractivity contribution in [1.82, 2.24) is 20.0 Å². The third-order valence-electron chi connectivity index (χ3n) is 5.35. The Labute approximate surface area is 202 Å². The molecule has 0 aliphatic carbocycles. The molecule has 1 fully saturated rings. The summed E-state index contributed by atoms with van der Waals surface area (Å²) in [5.74, 6) is 1.85. The zero-order valence-electron chi connectivity index (χ0n) is 19.7. The minimum Gasteiger partial charge on any atom is -0.493 e. The Balaban J connectivity index is 1.28. The average Bonchev–Trinajstić information content (AvgIpc) is 3.46. The number of carbonyl (C=O) groups excluding carboxylic acids is 1. The molecule has 0 saturated carbocycles. The van der Waals surface area contributed by atoms with E-state index in [2.05, 4.69) is 39.2 Å². The van der Waals surface area contributed by atoms with Gasteiger partial charge in [0.05, 0.1) is 32.1 Å². The molecule has 4 rings (SSSR count). The van der Waals surface area contributed by atoms with E-state index in [9.17, 15) is 4.79 Å². The smallest absolute Gasteiger partial charge is 0.227 e. The number of nitrogens with zero attached hydrogens (tertiary/aromatic N) is 4. The molecule has 1 amide bonds. The SMILES string of the molecule is COc1ccc(-c2noc(CCC(=O)Nc3nc(CN4C[C@@H](C)O[C@@H](C)C4)cs3)n2)cc1OC. The van der Waals surface area contributed by atoms with Crippen molar-refractivity contribution in [3.8, 4) is 22.9 Å². The Morgan fingerprint density at radius 3 is 2.68 bits per heavy atom. The summed E-state index contributed by atoms with van der Waals surface area (Å²) in [4.78, 5) is 23.7. The fraction of sp³-hybridized carbons (Fsp3) is 0.478. The van der Waals surface area contributed by atoms with Gasteiger partial charge in [0.1, 0.15) is 0 Å². The molecule has 2 aromatic heterocycles. The molecule has 1 aromatic carbocycles. The quantitative estimate of drug-likeness (QED) is 0.485. The molecule has 1 aliphatic heterocycles. The third kappa shape index (κ3) is 6.10. The summed E-state index contributed by atoms with van der Waals surface area (Å²) < 4.78 is 21.7. The fourth-order valence-electron chi connectivity index (χ4n) is 3.93. The summed E-state index contributed by atoms with van der Waals surface area (Å²) in [7, 11) is 3.14. The number of carbonyl (C=O) groups is 1. The first-order chi connectivity index (χ1) is 16.4. The molecule has 1 aliphatic rings. The van der Waals surface area contributed by atoms with Gasteiger partial charge in [0, 0.05) is 43.4 Å². The number of benzene rings is 1. The van der Waals surface area contributed by atoms with Gasteiger partial charge in [-0.1, -0.05) is 5.16 Å². The van der Waals surface area contributed by atoms with Gasteiger partial charge < -0.3 is 24.1 Å². The standard InChI is InChI=1S/C23H29N5O5S/c1-14-10-28(11-15(2)32-14)12-17-13-34-23(24-17)25-20(29)7-8-21-26-22(27-33-21)16-5-6-18(30-3)19(9-16)31-4/h5-6,9,13-15H,7-8,10-12H2,1-4H3,(H,24,25,29)/t14-,15+. The van der Waals surface area contributed by atoms with Crippen molar-refractivity contribution >= 4 is 22.4 Å². The summed E-state index contributed by atoms with van der Waals surface area (Å²) in [5, 5.41) is 9.44. The van der Waals surface area contributed by atoms with E-state index in [4.69, 9.17) is 18.7 Å². The summed E-state index contributed by atoms with van der Waals surface area (Å²) in [6.07, 6.45) is 0.951. The van der Waals surface area contributed by atoms with Crippen LogP contribution in [0.2, 0.25) is 0 Å². The van der Waals surface area contributed by atoms with Gasteiger partial charge in [-0.2, -0.15) is 4.98 Å². The number of rotatable bonds is 9. The normalized spacial score (nSPS) is 18.6. The molecule has 182 valence electrons. The van der Waals surface area contributed by atoms with E-state index in [0.717, 1.165) is 30.9 Å². The van der Waals surface area contributed by atoms with E-state index in [-0.39, 0.29) is 24.5 Å². The third-order valence-corrected chi connectivity index (χ3v) is 6.16. The number of aryl methyl sites for hydroxylation is 1. The fourth-order valence-corrected chi connectivity index (χ4v) is 4.65. The first-order valence-electron chi connectivity index (χ1n) is 11.1. The maximum absolute atomic E-state index is 12.4. The van der Waals surface area contributed by atoms with Crippen LogP contribution >= 0.6 is 11.3 Å². The van der Waals surface area contributed by atoms with Crippen LogP contribution in [0.1, 0.15) is 31.9 Å². The molecule has 0 bridgehead atoms. The van der Waals surface area contributed by atoms with Crippen LogP contribution in [0.4, 0.5) is 5.13 Å². The molecule has 0 radical (unpaired) electrons. The highest BCUT2D eigenvalue weighted by Gasteiger charge is 2.23. The van der Waals surface area contributed by atoms with Gasteiger partial charge in [-0.05, 0) is 32.0 Å². The van der Waals surface area contributed by atoms with Crippen molar-refractivity contribution in [1.29, 1.82) is 0 Å². The van der Waals surface area contributed by atoms with Crippen molar-refractivity contribution in [2.75, 3.05) is 32.6 Å². The summed E-state index contributed by atoms with van der Waals surface area (Å²) in [6.45, 7) is 6.65. The predicted molar refractivity (Wildman–Crippen MR) is 127 cm³/mol. The number of amides is 1. The molecular formula is C23H29N5O5S. The zero-order chi connectivity index (χ0) is 24.1. The number of hydrogen-bond acceptors (Lipinski definition) is 10. The van der Waals surface area contributed by atoms with Crippen molar-refractivity contribution in [3.63, 3.8) is 0 Å². The molecule has 2 atom stereocenters. The van der Waals surface area contributed by atoms with Crippen molar-refractivity contribution in [2.24, 2.45) is 0 Å². The van der Waals surface area contributed by atoms with Crippen LogP contribution in [0.15, 0.2) is 28.1 Å². The van der Waals surface area contributed by atoms with Crippen molar-refractivity contribution < 1.29 is 23.5 Å². The van der Waals surface area contributed by atoms with Gasteiger partial charge in [0.15, 0.2) is 16.6 Å². The van der Waals surface area contributed by atoms with E-state index in [1.807, 2.05) is 11.4 Å². The lowest BCUT2D eigenvalue weighted by Crippen LogP contribution is -2.44. The molecule has 11 heteroatoms. The number of anilines is 1. The number of thiazole rings is 1. The van der Waals surface area contributed by atoms with E-state index in [0.29, 0.717) is 34.8 Å². The number of ether oxygens (including phenoxy) is 3. The number of hydrogen-bond donors (Lipinski definition) is 1. The Morgan fingerprint density at radius 2 is 1.94 bits per heavy atom. The first kappa shape index (κ1) is 24.1. The average molecular weight is 488 g/mol. The monoisotopic (exact) mass is 487 g/mol. The minimum absolute atomic E-state index is 0.152. The van der Waals surface area contributed by atoms with Gasteiger partial charge in [-0.3, -0.25) is 9.69 Å². The van der Waals surface area contributed by atoms with Crippen molar-refractivity contribution in [2.45, 2.75) is 45.4 Å². The van der Waals surface area contributed by atoms with Crippen LogP contribution in [-0.2, 0) is 22.5 Å². The second-order valence-corrected chi connectivity index (χ2v) is 9.08. The minimum atomic E-state index is -0.152. The molecule has 1 saturated heterocycles. The largest absolute Gasteiger partial charge is 0.493 e. The van der Waals surface area contributed by atoms with E-state index in [1.165, 1.54) is 11.3 Å². The first-order valence-corrected chi connectivity index (χ1v) is 12.0. The van der Waals surface area contributed by atoms with Crippen LogP contribution in [0.3, 0.4) is 0 Å². The van der Waals surface area contributed by atoms with Crippen LogP contribution in [0.5, 0.6) is 11.5 Å². The van der Waals surface area contributed by atoms with E-state index >= 15 is 0 Å². The predicted octanol–water partition coefficient (Wildman–Crippen LogP) is 3.39. The van der Waals surface area contributed by atoms with Gasteiger partial charge in [-0.15, -0.1) is 11.3 Å². The van der Waals surface area contributed by atoms with E-state index < -0.39 is 0 Å². The topological polar surface area (TPSA) is 112 Å². The molecule has 3 heterocycles. The Hall–Kier alpha value is -3.02.